The van der Waals surface area contributed by atoms with Crippen LogP contribution in [0.15, 0.2) is 54.4 Å². The zero-order chi connectivity index (χ0) is 18.2. The largest absolute Gasteiger partial charge is 0.462 e. The zero-order valence-electron chi connectivity index (χ0n) is 14.7. The van der Waals surface area contributed by atoms with Crippen molar-refractivity contribution in [2.24, 2.45) is 0 Å². The van der Waals surface area contributed by atoms with E-state index in [1.54, 1.807) is 13.1 Å². The van der Waals surface area contributed by atoms with E-state index in [-0.39, 0.29) is 18.0 Å². The van der Waals surface area contributed by atoms with Gasteiger partial charge in [0.05, 0.1) is 6.61 Å². The molecule has 2 rings (SSSR count). The third-order valence-corrected chi connectivity index (χ3v) is 3.63. The molecule has 0 aliphatic carbocycles. The number of nitrogens with one attached hydrogen (secondary N) is 1. The van der Waals surface area contributed by atoms with Crippen LogP contribution in [0.1, 0.15) is 26.5 Å². The molecule has 2 aromatic rings. The van der Waals surface area contributed by atoms with Crippen molar-refractivity contribution in [2.75, 3.05) is 11.9 Å². The Balaban J connectivity index is 2.24. The van der Waals surface area contributed by atoms with E-state index in [1.807, 2.05) is 30.3 Å². The Kier molecular flexibility index (Phi) is 6.46. The summed E-state index contributed by atoms with van der Waals surface area (Å²) >= 11 is 0. The predicted molar refractivity (Wildman–Crippen MR) is 98.1 cm³/mol. The smallest absolute Gasteiger partial charge is 0.343 e. The van der Waals surface area contributed by atoms with Gasteiger partial charge in [0.25, 0.3) is 0 Å². The second kappa shape index (κ2) is 8.78. The molecule has 0 spiro atoms. The molecule has 0 saturated heterocycles. The fourth-order valence-electron chi connectivity index (χ4n) is 2.31. The van der Waals surface area contributed by atoms with Crippen LogP contribution in [0.4, 0.5) is 5.69 Å². The molecule has 0 fully saturated rings. The number of pyridine rings is 1. The number of carbonyl (C=O) groups excluding carboxylic acids is 2. The first-order chi connectivity index (χ1) is 12.0. The summed E-state index contributed by atoms with van der Waals surface area (Å²) < 4.78 is 4.90. The molecular formula is C20H22N2O3. The van der Waals surface area contributed by atoms with Gasteiger partial charge >= 0.3 is 5.97 Å². The Hall–Kier alpha value is -2.95. The van der Waals surface area contributed by atoms with Crippen LogP contribution >= 0.6 is 0 Å². The summed E-state index contributed by atoms with van der Waals surface area (Å²) in [6.07, 6.45) is 4.06. The molecule has 1 aromatic heterocycles. The molecule has 0 amide bonds. The van der Waals surface area contributed by atoms with Gasteiger partial charge in [-0.15, -0.1) is 0 Å². The molecule has 0 saturated carbocycles. The lowest BCUT2D eigenvalue weighted by molar-refractivity contribution is -0.139. The minimum absolute atomic E-state index is 0.00978. The van der Waals surface area contributed by atoms with Gasteiger partial charge in [-0.1, -0.05) is 19.1 Å². The molecule has 25 heavy (non-hydrogen) atoms. The SMILES string of the molecule is CCOC(=O)C(=CNc1cccc(-c2ccnc(CC)c2)c1)C(C)=O. The molecule has 1 aromatic carbocycles. The van der Waals surface area contributed by atoms with Gasteiger partial charge < -0.3 is 10.1 Å². The number of esters is 1. The van der Waals surface area contributed by atoms with Crippen molar-refractivity contribution in [2.45, 2.75) is 27.2 Å². The van der Waals surface area contributed by atoms with E-state index in [0.29, 0.717) is 0 Å². The van der Waals surface area contributed by atoms with Crippen molar-refractivity contribution in [1.82, 2.24) is 4.98 Å². The van der Waals surface area contributed by atoms with Crippen molar-refractivity contribution < 1.29 is 14.3 Å². The van der Waals surface area contributed by atoms with Gasteiger partial charge in [0.2, 0.25) is 0 Å². The number of benzene rings is 1. The van der Waals surface area contributed by atoms with Gasteiger partial charge in [-0.05, 0) is 55.7 Å². The van der Waals surface area contributed by atoms with Crippen molar-refractivity contribution in [1.29, 1.82) is 0 Å². The molecule has 130 valence electrons. The number of ketones is 1. The van der Waals surface area contributed by atoms with E-state index in [2.05, 4.69) is 23.3 Å². The van der Waals surface area contributed by atoms with Gasteiger partial charge in [-0.2, -0.15) is 0 Å². The molecule has 0 radical (unpaired) electrons. The van der Waals surface area contributed by atoms with Crippen molar-refractivity contribution in [3.8, 4) is 11.1 Å². The monoisotopic (exact) mass is 338 g/mol. The quantitative estimate of drug-likeness (QED) is 0.360. The molecule has 0 unspecified atom stereocenters. The van der Waals surface area contributed by atoms with Crippen LogP contribution in [-0.4, -0.2) is 23.3 Å². The second-order valence-corrected chi connectivity index (χ2v) is 5.45. The highest BCUT2D eigenvalue weighted by atomic mass is 16.5. The molecular weight excluding hydrogens is 316 g/mol. The Morgan fingerprint density at radius 1 is 1.16 bits per heavy atom. The first-order valence-corrected chi connectivity index (χ1v) is 8.25. The van der Waals surface area contributed by atoms with Crippen LogP contribution in [0.3, 0.4) is 0 Å². The molecule has 1 heterocycles. The van der Waals surface area contributed by atoms with Gasteiger partial charge in [0, 0.05) is 23.8 Å². The Morgan fingerprint density at radius 2 is 1.92 bits per heavy atom. The number of carbonyl (C=O) groups is 2. The molecule has 0 aliphatic heterocycles. The molecule has 0 bridgehead atoms. The number of ether oxygens (including phenoxy) is 1. The second-order valence-electron chi connectivity index (χ2n) is 5.45. The number of hydrogen-bond donors (Lipinski definition) is 1. The highest BCUT2D eigenvalue weighted by Crippen LogP contribution is 2.23. The normalized spacial score (nSPS) is 11.1. The molecule has 5 nitrogen and oxygen atoms in total. The first-order valence-electron chi connectivity index (χ1n) is 8.25. The van der Waals surface area contributed by atoms with E-state index < -0.39 is 5.97 Å². The standard InChI is InChI=1S/C20H22N2O3/c1-4-17-11-16(9-10-21-17)15-7-6-8-18(12-15)22-13-19(14(3)23)20(24)25-5-2/h6-13,22H,4-5H2,1-3H3. The van der Waals surface area contributed by atoms with Crippen LogP contribution in [0.5, 0.6) is 0 Å². The summed E-state index contributed by atoms with van der Waals surface area (Å²) in [6.45, 7) is 5.32. The lowest BCUT2D eigenvalue weighted by Crippen LogP contribution is -2.15. The van der Waals surface area contributed by atoms with Gasteiger partial charge in [0.1, 0.15) is 5.57 Å². The number of nitrogens with zero attached hydrogens (tertiary/aromatic N) is 1. The van der Waals surface area contributed by atoms with Crippen LogP contribution in [0, 0.1) is 0 Å². The minimum Gasteiger partial charge on any atom is -0.462 e. The third-order valence-electron chi connectivity index (χ3n) is 3.63. The van der Waals surface area contributed by atoms with Crippen molar-refractivity contribution in [3.63, 3.8) is 0 Å². The third kappa shape index (κ3) is 5.01. The van der Waals surface area contributed by atoms with Crippen LogP contribution < -0.4 is 5.32 Å². The minimum atomic E-state index is -0.625. The summed E-state index contributed by atoms with van der Waals surface area (Å²) in [4.78, 5) is 27.7. The van der Waals surface area contributed by atoms with Crippen molar-refractivity contribution in [3.05, 3.63) is 60.1 Å². The van der Waals surface area contributed by atoms with Crippen LogP contribution in [0.25, 0.3) is 11.1 Å². The van der Waals surface area contributed by atoms with E-state index >= 15 is 0 Å². The Bertz CT molecular complexity index is 797. The first kappa shape index (κ1) is 18.4. The number of aryl methyl sites for hydroxylation is 1. The molecule has 0 aliphatic rings. The van der Waals surface area contributed by atoms with E-state index in [0.717, 1.165) is 28.9 Å². The maximum atomic E-state index is 11.8. The lowest BCUT2D eigenvalue weighted by Gasteiger charge is -2.08. The fourth-order valence-corrected chi connectivity index (χ4v) is 2.31. The summed E-state index contributed by atoms with van der Waals surface area (Å²) in [6, 6.07) is 11.7. The highest BCUT2D eigenvalue weighted by Gasteiger charge is 2.15. The topological polar surface area (TPSA) is 68.3 Å². The number of hydrogen-bond acceptors (Lipinski definition) is 5. The highest BCUT2D eigenvalue weighted by molar-refractivity contribution is 6.16. The number of Topliss-reactive ketones (excluding diaryl/α,β-unsaturated/α-hetero) is 1. The summed E-state index contributed by atoms with van der Waals surface area (Å²) in [5.41, 5.74) is 3.88. The van der Waals surface area contributed by atoms with Gasteiger partial charge in [-0.25, -0.2) is 4.79 Å². The number of aromatic nitrogens is 1. The number of anilines is 1. The summed E-state index contributed by atoms with van der Waals surface area (Å²) in [7, 11) is 0. The van der Waals surface area contributed by atoms with Gasteiger partial charge in [0.15, 0.2) is 5.78 Å². The fraction of sp³-hybridized carbons (Fsp3) is 0.250. The van der Waals surface area contributed by atoms with E-state index in [9.17, 15) is 9.59 Å². The van der Waals surface area contributed by atoms with Crippen LogP contribution in [0.2, 0.25) is 0 Å². The maximum Gasteiger partial charge on any atom is 0.343 e. The van der Waals surface area contributed by atoms with E-state index in [1.165, 1.54) is 13.1 Å². The molecule has 1 N–H and O–H groups in total. The average molecular weight is 338 g/mol. The Morgan fingerprint density at radius 3 is 2.60 bits per heavy atom. The average Bonchev–Trinajstić information content (AvgIpc) is 2.62. The van der Waals surface area contributed by atoms with E-state index in [4.69, 9.17) is 4.74 Å². The summed E-state index contributed by atoms with van der Waals surface area (Å²) in [5.74, 6) is -0.968. The van der Waals surface area contributed by atoms with Crippen molar-refractivity contribution >= 4 is 17.4 Å². The lowest BCUT2D eigenvalue weighted by atomic mass is 10.0. The molecule has 5 heteroatoms. The molecule has 0 atom stereocenters. The van der Waals surface area contributed by atoms with Crippen LogP contribution in [-0.2, 0) is 20.7 Å². The maximum absolute atomic E-state index is 11.8. The predicted octanol–water partition coefficient (Wildman–Crippen LogP) is 3.76. The Labute approximate surface area is 147 Å². The number of rotatable bonds is 7. The van der Waals surface area contributed by atoms with Gasteiger partial charge in [-0.3, -0.25) is 9.78 Å². The summed E-state index contributed by atoms with van der Waals surface area (Å²) in [5, 5.41) is 3.00. The zero-order valence-corrected chi connectivity index (χ0v) is 14.7.